The summed E-state index contributed by atoms with van der Waals surface area (Å²) in [5.41, 5.74) is 6.88. The first-order valence-electron chi connectivity index (χ1n) is 11.6. The molecule has 0 radical (unpaired) electrons. The third-order valence-electron chi connectivity index (χ3n) is 6.70. The third-order valence-corrected chi connectivity index (χ3v) is 6.70. The summed E-state index contributed by atoms with van der Waals surface area (Å²) in [5, 5.41) is 6.99. The highest BCUT2D eigenvalue weighted by molar-refractivity contribution is 5.71. The molecule has 6 heteroatoms. The van der Waals surface area contributed by atoms with Crippen LogP contribution < -0.4 is 10.6 Å². The van der Waals surface area contributed by atoms with Gasteiger partial charge >= 0.3 is 0 Å². The molecule has 2 aliphatic heterocycles. The predicted molar refractivity (Wildman–Crippen MR) is 127 cm³/mol. The summed E-state index contributed by atoms with van der Waals surface area (Å²) in [6, 6.07) is 18.1. The molecule has 2 aromatic heterocycles. The zero-order chi connectivity index (χ0) is 21.3. The standard InChI is InChI=1S/C26H28N6/c1-3-21(27-13-1)25-29-15-23(31-25)19-9-5-17(6-10-19)18-7-11-20(12-8-18)24-16-30-26(32-24)22-4-2-14-28-22/h5-12,15-16,21-22,27-28H,1-4,13-14H2,(H,29,31)(H,30,32)/t21-,22?/m1/s1. The van der Waals surface area contributed by atoms with Gasteiger partial charge in [-0.1, -0.05) is 48.5 Å². The smallest absolute Gasteiger partial charge is 0.123 e. The van der Waals surface area contributed by atoms with Crippen LogP contribution in [0.5, 0.6) is 0 Å². The minimum absolute atomic E-state index is 0.363. The summed E-state index contributed by atoms with van der Waals surface area (Å²) in [5.74, 6) is 2.09. The molecule has 0 aliphatic carbocycles. The van der Waals surface area contributed by atoms with Gasteiger partial charge in [0.2, 0.25) is 0 Å². The van der Waals surface area contributed by atoms with Crippen molar-refractivity contribution in [3.8, 4) is 33.6 Å². The molecule has 2 fully saturated rings. The number of nitrogens with one attached hydrogen (secondary N) is 4. The van der Waals surface area contributed by atoms with Crippen molar-refractivity contribution in [1.82, 2.24) is 30.6 Å². The Morgan fingerprint density at radius 1 is 0.562 bits per heavy atom. The first-order valence-corrected chi connectivity index (χ1v) is 11.6. The van der Waals surface area contributed by atoms with Crippen LogP contribution in [-0.4, -0.2) is 33.0 Å². The van der Waals surface area contributed by atoms with Crippen LogP contribution in [0.25, 0.3) is 33.6 Å². The number of hydrogen-bond donors (Lipinski definition) is 4. The Kier molecular flexibility index (Phi) is 5.09. The molecule has 2 aromatic carbocycles. The highest BCUT2D eigenvalue weighted by atomic mass is 15.0. The average molecular weight is 425 g/mol. The van der Waals surface area contributed by atoms with Gasteiger partial charge in [0, 0.05) is 0 Å². The second-order valence-electron chi connectivity index (χ2n) is 8.82. The van der Waals surface area contributed by atoms with E-state index in [0.29, 0.717) is 12.1 Å². The average Bonchev–Trinajstić information content (AvgIpc) is 3.66. The van der Waals surface area contributed by atoms with Gasteiger partial charge in [0.05, 0.1) is 35.9 Å². The molecule has 4 heterocycles. The largest absolute Gasteiger partial charge is 0.341 e. The topological polar surface area (TPSA) is 81.4 Å². The number of hydrogen-bond acceptors (Lipinski definition) is 4. The lowest BCUT2D eigenvalue weighted by Crippen LogP contribution is -2.14. The second kappa shape index (κ2) is 8.37. The molecule has 6 nitrogen and oxygen atoms in total. The lowest BCUT2D eigenvalue weighted by atomic mass is 10.0. The van der Waals surface area contributed by atoms with Gasteiger partial charge in [0.15, 0.2) is 0 Å². The van der Waals surface area contributed by atoms with Crippen molar-refractivity contribution in [3.63, 3.8) is 0 Å². The molecule has 1 unspecified atom stereocenters. The van der Waals surface area contributed by atoms with Crippen molar-refractivity contribution >= 4 is 0 Å². The number of aromatic nitrogens is 4. The fourth-order valence-electron chi connectivity index (χ4n) is 4.84. The summed E-state index contributed by atoms with van der Waals surface area (Å²) in [7, 11) is 0. The maximum absolute atomic E-state index is 4.59. The van der Waals surface area contributed by atoms with E-state index in [4.69, 9.17) is 0 Å². The Morgan fingerprint density at radius 3 is 1.34 bits per heavy atom. The van der Waals surface area contributed by atoms with Crippen molar-refractivity contribution in [2.24, 2.45) is 0 Å². The van der Waals surface area contributed by atoms with Gasteiger partial charge in [-0.2, -0.15) is 0 Å². The minimum atomic E-state index is 0.363. The molecule has 6 rings (SSSR count). The first kappa shape index (κ1) is 19.5. The summed E-state index contributed by atoms with van der Waals surface area (Å²) in [4.78, 5) is 16.2. The van der Waals surface area contributed by atoms with E-state index < -0.39 is 0 Å². The Hall–Kier alpha value is -3.22. The molecule has 162 valence electrons. The van der Waals surface area contributed by atoms with Crippen molar-refractivity contribution in [2.45, 2.75) is 37.8 Å². The Labute approximate surface area is 187 Å². The molecule has 4 N–H and O–H groups in total. The Bertz CT molecular complexity index is 1080. The molecule has 0 saturated carbocycles. The highest BCUT2D eigenvalue weighted by Crippen LogP contribution is 2.29. The van der Waals surface area contributed by atoms with Crippen LogP contribution in [0.1, 0.15) is 49.4 Å². The van der Waals surface area contributed by atoms with E-state index in [2.05, 4.69) is 79.1 Å². The molecular formula is C26H28N6. The van der Waals surface area contributed by atoms with Gasteiger partial charge in [-0.25, -0.2) is 9.97 Å². The van der Waals surface area contributed by atoms with Gasteiger partial charge in [-0.05, 0) is 61.0 Å². The van der Waals surface area contributed by atoms with Gasteiger partial charge in [0.25, 0.3) is 0 Å². The van der Waals surface area contributed by atoms with Crippen molar-refractivity contribution in [3.05, 3.63) is 72.6 Å². The van der Waals surface area contributed by atoms with E-state index >= 15 is 0 Å². The number of imidazole rings is 2. The Balaban J connectivity index is 1.17. The number of nitrogens with zero attached hydrogens (tertiary/aromatic N) is 2. The van der Waals surface area contributed by atoms with Crippen molar-refractivity contribution in [1.29, 1.82) is 0 Å². The maximum atomic E-state index is 4.59. The van der Waals surface area contributed by atoms with Gasteiger partial charge < -0.3 is 20.6 Å². The van der Waals surface area contributed by atoms with E-state index in [1.807, 2.05) is 12.4 Å². The SMILES string of the molecule is c1cc(-c2cnc(C3CCCN3)[nH]2)ccc1-c1ccc(-c2cnc([C@H]3CCCN3)[nH]2)cc1. The van der Waals surface area contributed by atoms with E-state index in [0.717, 1.165) is 60.1 Å². The van der Waals surface area contributed by atoms with Crippen LogP contribution in [0.15, 0.2) is 60.9 Å². The molecular weight excluding hydrogens is 396 g/mol. The zero-order valence-electron chi connectivity index (χ0n) is 18.1. The van der Waals surface area contributed by atoms with E-state index in [-0.39, 0.29) is 0 Å². The lowest BCUT2D eigenvalue weighted by molar-refractivity contribution is 0.613. The van der Waals surface area contributed by atoms with E-state index in [9.17, 15) is 0 Å². The predicted octanol–water partition coefficient (Wildman–Crippen LogP) is 4.98. The molecule has 32 heavy (non-hydrogen) atoms. The van der Waals surface area contributed by atoms with E-state index in [1.54, 1.807) is 0 Å². The molecule has 0 amide bonds. The minimum Gasteiger partial charge on any atom is -0.341 e. The first-order chi connectivity index (χ1) is 15.8. The summed E-state index contributed by atoms with van der Waals surface area (Å²) < 4.78 is 0. The van der Waals surface area contributed by atoms with Crippen molar-refractivity contribution < 1.29 is 0 Å². The molecule has 2 saturated heterocycles. The molecule has 2 atom stereocenters. The normalized spacial score (nSPS) is 20.8. The monoisotopic (exact) mass is 424 g/mol. The van der Waals surface area contributed by atoms with Crippen LogP contribution >= 0.6 is 0 Å². The van der Waals surface area contributed by atoms with Crippen molar-refractivity contribution in [2.75, 3.05) is 13.1 Å². The summed E-state index contributed by atoms with van der Waals surface area (Å²) in [6.07, 6.45) is 8.62. The van der Waals surface area contributed by atoms with Gasteiger partial charge in [0.1, 0.15) is 11.6 Å². The fraction of sp³-hybridized carbons (Fsp3) is 0.308. The lowest BCUT2D eigenvalue weighted by Gasteiger charge is -2.07. The highest BCUT2D eigenvalue weighted by Gasteiger charge is 2.20. The number of rotatable bonds is 5. The van der Waals surface area contributed by atoms with E-state index in [1.165, 1.54) is 24.0 Å². The maximum Gasteiger partial charge on any atom is 0.123 e. The molecule has 2 aliphatic rings. The van der Waals surface area contributed by atoms with Crippen LogP contribution in [0.3, 0.4) is 0 Å². The number of benzene rings is 2. The Morgan fingerprint density at radius 2 is 0.969 bits per heavy atom. The van der Waals surface area contributed by atoms with Crippen LogP contribution in [0.2, 0.25) is 0 Å². The van der Waals surface area contributed by atoms with Gasteiger partial charge in [-0.15, -0.1) is 0 Å². The quantitative estimate of drug-likeness (QED) is 0.364. The number of aromatic amines is 2. The number of H-pyrrole nitrogens is 2. The molecule has 4 aromatic rings. The van der Waals surface area contributed by atoms with Crippen LogP contribution in [-0.2, 0) is 0 Å². The van der Waals surface area contributed by atoms with Gasteiger partial charge in [-0.3, -0.25) is 0 Å². The summed E-state index contributed by atoms with van der Waals surface area (Å²) >= 11 is 0. The second-order valence-corrected chi connectivity index (χ2v) is 8.82. The molecule has 0 spiro atoms. The zero-order valence-corrected chi connectivity index (χ0v) is 18.1. The molecule has 0 bridgehead atoms. The summed E-state index contributed by atoms with van der Waals surface area (Å²) in [6.45, 7) is 2.15. The fourth-order valence-corrected chi connectivity index (χ4v) is 4.84. The third kappa shape index (κ3) is 3.76. The van der Waals surface area contributed by atoms with Crippen LogP contribution in [0, 0.1) is 0 Å². The van der Waals surface area contributed by atoms with Crippen LogP contribution in [0.4, 0.5) is 0 Å².